The molecule has 0 aliphatic heterocycles. The highest BCUT2D eigenvalue weighted by molar-refractivity contribution is 4.89. The Morgan fingerprint density at radius 2 is 1.69 bits per heavy atom. The summed E-state index contributed by atoms with van der Waals surface area (Å²) < 4.78 is 0. The molecule has 0 N–H and O–H groups in total. The van der Waals surface area contributed by atoms with E-state index in [1.165, 1.54) is 32.1 Å². The molecule has 1 heteroatoms. The van der Waals surface area contributed by atoms with Crippen LogP contribution in [-0.4, -0.2) is 18.0 Å². The van der Waals surface area contributed by atoms with E-state index in [-0.39, 0.29) is 0 Å². The van der Waals surface area contributed by atoms with Crippen LogP contribution in [0.25, 0.3) is 0 Å². The highest BCUT2D eigenvalue weighted by Gasteiger charge is 2.09. The summed E-state index contributed by atoms with van der Waals surface area (Å²) in [4.78, 5) is 2.37. The van der Waals surface area contributed by atoms with Crippen LogP contribution < -0.4 is 0 Å². The molecule has 0 spiro atoms. The van der Waals surface area contributed by atoms with Gasteiger partial charge in [0, 0.05) is 13.1 Å². The van der Waals surface area contributed by atoms with Crippen molar-refractivity contribution in [1.82, 2.24) is 4.90 Å². The maximum atomic E-state index is 2.42. The molecular formula is C12H23N. The molecule has 1 aliphatic rings. The Kier molecular flexibility index (Phi) is 4.95. The highest BCUT2D eigenvalue weighted by Crippen LogP contribution is 2.24. The SMILES string of the molecule is CCN(C=CC1CCCCC1)CC. The van der Waals surface area contributed by atoms with Crippen molar-refractivity contribution in [2.24, 2.45) is 5.92 Å². The van der Waals surface area contributed by atoms with Crippen molar-refractivity contribution in [2.45, 2.75) is 46.0 Å². The zero-order chi connectivity index (χ0) is 9.52. The van der Waals surface area contributed by atoms with Gasteiger partial charge in [-0.05, 0) is 38.8 Å². The second kappa shape index (κ2) is 6.06. The summed E-state index contributed by atoms with van der Waals surface area (Å²) in [5.41, 5.74) is 0. The molecule has 1 aliphatic carbocycles. The Balaban J connectivity index is 2.27. The van der Waals surface area contributed by atoms with Gasteiger partial charge in [-0.25, -0.2) is 0 Å². The van der Waals surface area contributed by atoms with E-state index in [9.17, 15) is 0 Å². The fourth-order valence-corrected chi connectivity index (χ4v) is 2.00. The van der Waals surface area contributed by atoms with Gasteiger partial charge in [0.05, 0.1) is 0 Å². The van der Waals surface area contributed by atoms with Crippen LogP contribution in [0.2, 0.25) is 0 Å². The summed E-state index contributed by atoms with van der Waals surface area (Å²) in [6.07, 6.45) is 11.9. The summed E-state index contributed by atoms with van der Waals surface area (Å²) in [6.45, 7) is 6.71. The Bertz CT molecular complexity index is 141. The third kappa shape index (κ3) is 3.84. The Hall–Kier alpha value is -0.460. The predicted octanol–water partition coefficient (Wildman–Crippen LogP) is 3.42. The highest BCUT2D eigenvalue weighted by atomic mass is 15.1. The summed E-state index contributed by atoms with van der Waals surface area (Å²) in [7, 11) is 0. The molecule has 0 radical (unpaired) electrons. The first-order chi connectivity index (χ1) is 6.36. The lowest BCUT2D eigenvalue weighted by atomic mass is 9.89. The summed E-state index contributed by atoms with van der Waals surface area (Å²) >= 11 is 0. The van der Waals surface area contributed by atoms with Crippen LogP contribution in [0.5, 0.6) is 0 Å². The monoisotopic (exact) mass is 181 g/mol. The summed E-state index contributed by atoms with van der Waals surface area (Å²) in [5, 5.41) is 0. The average Bonchev–Trinajstić information content (AvgIpc) is 2.21. The van der Waals surface area contributed by atoms with Gasteiger partial charge in [-0.3, -0.25) is 0 Å². The van der Waals surface area contributed by atoms with Crippen molar-refractivity contribution in [3.63, 3.8) is 0 Å². The van der Waals surface area contributed by atoms with E-state index in [1.807, 2.05) is 0 Å². The first-order valence-corrected chi connectivity index (χ1v) is 5.79. The van der Waals surface area contributed by atoms with E-state index in [0.29, 0.717) is 0 Å². The molecule has 0 bridgehead atoms. The van der Waals surface area contributed by atoms with E-state index in [2.05, 4.69) is 31.0 Å². The molecule has 76 valence electrons. The van der Waals surface area contributed by atoms with Gasteiger partial charge < -0.3 is 4.90 Å². The molecule has 1 saturated carbocycles. The summed E-state index contributed by atoms with van der Waals surface area (Å²) in [5.74, 6) is 0.870. The number of rotatable bonds is 4. The standard InChI is InChI=1S/C12H23N/c1-3-13(4-2)11-10-12-8-6-5-7-9-12/h10-12H,3-9H2,1-2H3. The van der Waals surface area contributed by atoms with Crippen LogP contribution in [0.3, 0.4) is 0 Å². The van der Waals surface area contributed by atoms with Gasteiger partial charge in [0.1, 0.15) is 0 Å². The van der Waals surface area contributed by atoms with Gasteiger partial charge in [0.2, 0.25) is 0 Å². The fraction of sp³-hybridized carbons (Fsp3) is 0.833. The average molecular weight is 181 g/mol. The Labute approximate surface area is 82.8 Å². The maximum absolute atomic E-state index is 2.42. The lowest BCUT2D eigenvalue weighted by Crippen LogP contribution is -2.16. The molecule has 0 aromatic carbocycles. The number of hydrogen-bond donors (Lipinski definition) is 0. The zero-order valence-electron chi connectivity index (χ0n) is 9.13. The van der Waals surface area contributed by atoms with Crippen LogP contribution in [-0.2, 0) is 0 Å². The first-order valence-electron chi connectivity index (χ1n) is 5.79. The summed E-state index contributed by atoms with van der Waals surface area (Å²) in [6, 6.07) is 0. The molecule has 0 unspecified atom stereocenters. The van der Waals surface area contributed by atoms with Crippen molar-refractivity contribution in [1.29, 1.82) is 0 Å². The van der Waals surface area contributed by atoms with Crippen molar-refractivity contribution in [3.05, 3.63) is 12.3 Å². The van der Waals surface area contributed by atoms with E-state index in [1.54, 1.807) is 0 Å². The molecule has 0 aromatic rings. The molecule has 1 fully saturated rings. The Morgan fingerprint density at radius 1 is 1.08 bits per heavy atom. The fourth-order valence-electron chi connectivity index (χ4n) is 2.00. The minimum atomic E-state index is 0.870. The van der Waals surface area contributed by atoms with Gasteiger partial charge >= 0.3 is 0 Å². The van der Waals surface area contributed by atoms with Gasteiger partial charge in [0.15, 0.2) is 0 Å². The van der Waals surface area contributed by atoms with Gasteiger partial charge in [-0.15, -0.1) is 0 Å². The quantitative estimate of drug-likeness (QED) is 0.642. The van der Waals surface area contributed by atoms with E-state index >= 15 is 0 Å². The smallest absolute Gasteiger partial charge is 0.0143 e. The molecule has 0 amide bonds. The van der Waals surface area contributed by atoms with Crippen LogP contribution in [0.4, 0.5) is 0 Å². The van der Waals surface area contributed by atoms with Gasteiger partial charge in [0.25, 0.3) is 0 Å². The molecular weight excluding hydrogens is 158 g/mol. The normalized spacial score (nSPS) is 19.5. The van der Waals surface area contributed by atoms with Crippen LogP contribution in [0, 0.1) is 5.92 Å². The second-order valence-electron chi connectivity index (χ2n) is 3.96. The second-order valence-corrected chi connectivity index (χ2v) is 3.96. The third-order valence-corrected chi connectivity index (χ3v) is 3.03. The lowest BCUT2D eigenvalue weighted by Gasteiger charge is -2.20. The minimum absolute atomic E-state index is 0.870. The third-order valence-electron chi connectivity index (χ3n) is 3.03. The molecule has 0 saturated heterocycles. The molecule has 1 nitrogen and oxygen atoms in total. The van der Waals surface area contributed by atoms with Crippen molar-refractivity contribution < 1.29 is 0 Å². The molecule has 1 rings (SSSR count). The van der Waals surface area contributed by atoms with Crippen molar-refractivity contribution in [2.75, 3.05) is 13.1 Å². The minimum Gasteiger partial charge on any atom is -0.378 e. The van der Waals surface area contributed by atoms with Crippen LogP contribution >= 0.6 is 0 Å². The lowest BCUT2D eigenvalue weighted by molar-refractivity contribution is 0.391. The van der Waals surface area contributed by atoms with E-state index in [4.69, 9.17) is 0 Å². The Morgan fingerprint density at radius 3 is 2.23 bits per heavy atom. The number of nitrogens with zero attached hydrogens (tertiary/aromatic N) is 1. The zero-order valence-corrected chi connectivity index (χ0v) is 9.13. The molecule has 13 heavy (non-hydrogen) atoms. The van der Waals surface area contributed by atoms with Crippen LogP contribution in [0.15, 0.2) is 12.3 Å². The largest absolute Gasteiger partial charge is 0.378 e. The van der Waals surface area contributed by atoms with E-state index < -0.39 is 0 Å². The van der Waals surface area contributed by atoms with Crippen molar-refractivity contribution in [3.8, 4) is 0 Å². The van der Waals surface area contributed by atoms with Crippen LogP contribution in [0.1, 0.15) is 46.0 Å². The number of allylic oxidation sites excluding steroid dienone is 1. The van der Waals surface area contributed by atoms with E-state index in [0.717, 1.165) is 19.0 Å². The first kappa shape index (κ1) is 10.6. The van der Waals surface area contributed by atoms with Gasteiger partial charge in [-0.1, -0.05) is 25.3 Å². The topological polar surface area (TPSA) is 3.24 Å². The molecule has 0 heterocycles. The predicted molar refractivity (Wildman–Crippen MR) is 58.6 cm³/mol. The van der Waals surface area contributed by atoms with Crippen molar-refractivity contribution >= 4 is 0 Å². The molecule has 0 aromatic heterocycles. The maximum Gasteiger partial charge on any atom is 0.0143 e. The number of hydrogen-bond acceptors (Lipinski definition) is 1. The molecule has 0 atom stereocenters. The van der Waals surface area contributed by atoms with Gasteiger partial charge in [-0.2, -0.15) is 0 Å².